The predicted molar refractivity (Wildman–Crippen MR) is 149 cm³/mol. The fourth-order valence-electron chi connectivity index (χ4n) is 2.77. The second kappa shape index (κ2) is 13.6. The molecule has 0 bridgehead atoms. The van der Waals surface area contributed by atoms with Gasteiger partial charge in [-0.3, -0.25) is 4.79 Å². The summed E-state index contributed by atoms with van der Waals surface area (Å²) in [7, 11) is 0. The Hall–Kier alpha value is -3.00. The van der Waals surface area contributed by atoms with Gasteiger partial charge in [-0.2, -0.15) is 0 Å². The van der Waals surface area contributed by atoms with Crippen molar-refractivity contribution < 1.29 is 14.7 Å². The highest BCUT2D eigenvalue weighted by Crippen LogP contribution is 2.37. The van der Waals surface area contributed by atoms with Crippen LogP contribution in [-0.4, -0.2) is 17.0 Å². The summed E-state index contributed by atoms with van der Waals surface area (Å²) in [6.07, 6.45) is 4.00. The van der Waals surface area contributed by atoms with Gasteiger partial charge in [0.05, 0.1) is 15.4 Å². The van der Waals surface area contributed by atoms with Gasteiger partial charge in [0.1, 0.15) is 5.56 Å². The second-order valence-corrected chi connectivity index (χ2v) is 9.70. The summed E-state index contributed by atoms with van der Waals surface area (Å²) in [5, 5.41) is 16.2. The Morgan fingerprint density at radius 1 is 0.912 bits per heavy atom. The normalized spacial score (nSPS) is 10.1. The van der Waals surface area contributed by atoms with Gasteiger partial charge in [0.25, 0.3) is 5.91 Å². The number of anilines is 1. The summed E-state index contributed by atoms with van der Waals surface area (Å²) in [5.41, 5.74) is 2.37. The van der Waals surface area contributed by atoms with E-state index in [0.29, 0.717) is 15.4 Å². The minimum absolute atomic E-state index is 0.122. The van der Waals surface area contributed by atoms with Crippen molar-refractivity contribution in [1.29, 1.82) is 0 Å². The molecule has 34 heavy (non-hydrogen) atoms. The molecule has 0 saturated heterocycles. The number of benzene rings is 1. The SMILES string of the molecule is C/C=C\C.CC.Cc1ccc(-c2scc(NC(=O)c3ccc(-c4cccs4)s3)c2C(=O)O)cc1. The second-order valence-electron chi connectivity index (χ2n) is 6.79. The molecular weight excluding hydrogens is 483 g/mol. The topological polar surface area (TPSA) is 66.4 Å². The van der Waals surface area contributed by atoms with Crippen LogP contribution in [0.3, 0.4) is 0 Å². The minimum atomic E-state index is -1.06. The number of aromatic carboxylic acids is 1. The van der Waals surface area contributed by atoms with Crippen molar-refractivity contribution in [3.8, 4) is 20.2 Å². The highest BCUT2D eigenvalue weighted by Gasteiger charge is 2.22. The van der Waals surface area contributed by atoms with Crippen LogP contribution in [0.25, 0.3) is 20.2 Å². The zero-order valence-corrected chi connectivity index (χ0v) is 22.4. The van der Waals surface area contributed by atoms with Crippen LogP contribution in [0.5, 0.6) is 0 Å². The van der Waals surface area contributed by atoms with Crippen LogP contribution >= 0.6 is 34.0 Å². The van der Waals surface area contributed by atoms with E-state index in [2.05, 4.69) is 5.32 Å². The number of rotatable bonds is 5. The molecule has 0 aliphatic carbocycles. The fourth-order valence-corrected chi connectivity index (χ4v) is 5.51. The highest BCUT2D eigenvalue weighted by molar-refractivity contribution is 7.22. The lowest BCUT2D eigenvalue weighted by atomic mass is 10.1. The number of carboxylic acid groups (broad SMARTS) is 1. The molecule has 4 nitrogen and oxygen atoms in total. The number of allylic oxidation sites excluding steroid dienone is 2. The average Bonchev–Trinajstić information content (AvgIpc) is 3.61. The zero-order chi connectivity index (χ0) is 25.1. The van der Waals surface area contributed by atoms with Gasteiger partial charge in [0.15, 0.2) is 0 Å². The molecule has 7 heteroatoms. The fraction of sp³-hybridized carbons (Fsp3) is 0.185. The third-order valence-corrected chi connectivity index (χ3v) is 7.67. The standard InChI is InChI=1S/C21H15NO3S3.C4H8.C2H6/c1-12-4-6-13(7-5-12)19-18(21(24)25)14(11-27-19)22-20(23)17-9-8-16(28-17)15-3-2-10-26-15;1-3-4-2;1-2/h2-11H,1H3,(H,22,23)(H,24,25);3-4H,1-2H3;1-2H3/b;4-3-;. The summed E-state index contributed by atoms with van der Waals surface area (Å²) in [4.78, 5) is 27.9. The molecule has 3 aromatic heterocycles. The highest BCUT2D eigenvalue weighted by atomic mass is 32.1. The number of aryl methyl sites for hydroxylation is 1. The van der Waals surface area contributed by atoms with Gasteiger partial charge in [0.2, 0.25) is 0 Å². The van der Waals surface area contributed by atoms with Gasteiger partial charge >= 0.3 is 5.97 Å². The lowest BCUT2D eigenvalue weighted by Crippen LogP contribution is -2.12. The van der Waals surface area contributed by atoms with Gasteiger partial charge in [-0.15, -0.1) is 34.0 Å². The molecule has 0 saturated carbocycles. The van der Waals surface area contributed by atoms with Crippen molar-refractivity contribution in [2.45, 2.75) is 34.6 Å². The maximum atomic E-state index is 12.7. The van der Waals surface area contributed by atoms with Crippen molar-refractivity contribution >= 4 is 51.6 Å². The minimum Gasteiger partial charge on any atom is -0.478 e. The van der Waals surface area contributed by atoms with Crippen LogP contribution in [0, 0.1) is 6.92 Å². The predicted octanol–water partition coefficient (Wildman–Crippen LogP) is 9.07. The molecule has 0 spiro atoms. The van der Waals surface area contributed by atoms with Gasteiger partial charge in [0, 0.05) is 15.1 Å². The number of hydrogen-bond donors (Lipinski definition) is 2. The van der Waals surface area contributed by atoms with Crippen LogP contribution in [0.4, 0.5) is 5.69 Å². The summed E-state index contributed by atoms with van der Waals surface area (Å²) in [6, 6.07) is 15.3. The smallest absolute Gasteiger partial charge is 0.339 e. The molecule has 0 aliphatic heterocycles. The molecule has 1 amide bonds. The van der Waals surface area contributed by atoms with Crippen molar-refractivity contribution in [1.82, 2.24) is 0 Å². The van der Waals surface area contributed by atoms with E-state index >= 15 is 0 Å². The number of carbonyl (C=O) groups is 2. The zero-order valence-electron chi connectivity index (χ0n) is 19.9. The van der Waals surface area contributed by atoms with E-state index in [1.807, 2.05) is 94.6 Å². The lowest BCUT2D eigenvalue weighted by molar-refractivity contribution is 0.0699. The number of nitrogens with one attached hydrogen (secondary N) is 1. The van der Waals surface area contributed by atoms with E-state index in [0.717, 1.165) is 20.9 Å². The molecule has 0 fully saturated rings. The van der Waals surface area contributed by atoms with E-state index in [4.69, 9.17) is 0 Å². The Morgan fingerprint density at radius 2 is 1.59 bits per heavy atom. The number of thiophene rings is 3. The third-order valence-electron chi connectivity index (χ3n) is 4.49. The third kappa shape index (κ3) is 7.00. The van der Waals surface area contributed by atoms with Gasteiger partial charge in [-0.1, -0.05) is 61.9 Å². The summed E-state index contributed by atoms with van der Waals surface area (Å²) < 4.78 is 0. The molecule has 1 aromatic carbocycles. The number of amides is 1. The molecule has 0 atom stereocenters. The Morgan fingerprint density at radius 3 is 2.15 bits per heavy atom. The first-order valence-electron chi connectivity index (χ1n) is 10.9. The van der Waals surface area contributed by atoms with E-state index < -0.39 is 5.97 Å². The summed E-state index contributed by atoms with van der Waals surface area (Å²) >= 11 is 4.32. The van der Waals surface area contributed by atoms with E-state index in [9.17, 15) is 14.7 Å². The van der Waals surface area contributed by atoms with Crippen molar-refractivity contribution in [3.05, 3.63) is 87.4 Å². The van der Waals surface area contributed by atoms with Gasteiger partial charge in [-0.05, 0) is 49.9 Å². The molecule has 0 aliphatic rings. The first-order valence-corrected chi connectivity index (χ1v) is 13.5. The monoisotopic (exact) mass is 511 g/mol. The van der Waals surface area contributed by atoms with Crippen LogP contribution in [0.15, 0.2) is 71.4 Å². The maximum Gasteiger partial charge on any atom is 0.339 e. The molecule has 0 unspecified atom stereocenters. The Balaban J connectivity index is 0.000000618. The Bertz CT molecular complexity index is 1210. The molecular formula is C27H29NO3S3. The largest absolute Gasteiger partial charge is 0.478 e. The van der Waals surface area contributed by atoms with Gasteiger partial charge in [-0.25, -0.2) is 4.79 Å². The first-order chi connectivity index (χ1) is 16.4. The Kier molecular flexibility index (Phi) is 10.9. The van der Waals surface area contributed by atoms with Crippen LogP contribution in [-0.2, 0) is 0 Å². The van der Waals surface area contributed by atoms with Crippen LogP contribution in [0.2, 0.25) is 0 Å². The van der Waals surface area contributed by atoms with Gasteiger partial charge < -0.3 is 10.4 Å². The van der Waals surface area contributed by atoms with E-state index in [1.165, 1.54) is 22.7 Å². The van der Waals surface area contributed by atoms with Crippen molar-refractivity contribution in [3.63, 3.8) is 0 Å². The van der Waals surface area contributed by atoms with E-state index in [-0.39, 0.29) is 11.5 Å². The van der Waals surface area contributed by atoms with Crippen molar-refractivity contribution in [2.24, 2.45) is 0 Å². The maximum absolute atomic E-state index is 12.7. The number of carboxylic acids is 1. The number of hydrogen-bond acceptors (Lipinski definition) is 5. The molecule has 0 radical (unpaired) electrons. The lowest BCUT2D eigenvalue weighted by Gasteiger charge is -2.05. The first kappa shape index (κ1) is 27.2. The summed E-state index contributed by atoms with van der Waals surface area (Å²) in [5.74, 6) is -1.36. The van der Waals surface area contributed by atoms with E-state index in [1.54, 1.807) is 22.8 Å². The Labute approximate surface area is 213 Å². The number of carbonyl (C=O) groups excluding carboxylic acids is 1. The molecule has 3 heterocycles. The molecule has 4 aromatic rings. The van der Waals surface area contributed by atoms with Crippen LogP contribution < -0.4 is 5.32 Å². The molecule has 178 valence electrons. The molecule has 4 rings (SSSR count). The van der Waals surface area contributed by atoms with Crippen molar-refractivity contribution in [2.75, 3.05) is 5.32 Å². The average molecular weight is 512 g/mol. The quantitative estimate of drug-likeness (QED) is 0.263. The molecule has 2 N–H and O–H groups in total. The van der Waals surface area contributed by atoms with Crippen LogP contribution in [0.1, 0.15) is 53.3 Å². The summed E-state index contributed by atoms with van der Waals surface area (Å²) in [6.45, 7) is 9.98.